The van der Waals surface area contributed by atoms with Gasteiger partial charge in [-0.05, 0) is 44.2 Å². The van der Waals surface area contributed by atoms with Gasteiger partial charge in [0.05, 0.1) is 70.1 Å². The highest BCUT2D eigenvalue weighted by Gasteiger charge is 2.40. The zero-order valence-corrected chi connectivity index (χ0v) is 26.4. The zero-order valence-electron chi connectivity index (χ0n) is 26.4. The molecule has 6 rings (SSSR count). The summed E-state index contributed by atoms with van der Waals surface area (Å²) in [7, 11) is 9.73. The van der Waals surface area contributed by atoms with Crippen molar-refractivity contribution in [2.75, 3.05) is 7.11 Å². The molecule has 4 heterocycles. The van der Waals surface area contributed by atoms with E-state index in [1.807, 2.05) is 31.4 Å². The number of fused-ring (bicyclic) bond motifs is 3. The number of alkyl halides is 2. The molecule has 0 spiro atoms. The molecule has 0 aliphatic heterocycles. The van der Waals surface area contributed by atoms with Crippen LogP contribution in [-0.4, -0.2) is 71.2 Å². The van der Waals surface area contributed by atoms with E-state index in [0.717, 1.165) is 33.5 Å². The topological polar surface area (TPSA) is 90.9 Å². The monoisotopic (exact) mass is 596 g/mol. The molecule has 1 unspecified atom stereocenters. The van der Waals surface area contributed by atoms with Gasteiger partial charge in [0.15, 0.2) is 0 Å². The van der Waals surface area contributed by atoms with Crippen molar-refractivity contribution in [3.05, 3.63) is 65.6 Å². The lowest BCUT2D eigenvalue weighted by Gasteiger charge is -2.36. The number of benzene rings is 1. The fraction of sp³-hybridized carbons (Fsp3) is 0.419. The van der Waals surface area contributed by atoms with E-state index >= 15 is 0 Å². The number of ether oxygens (including phenoxy) is 1. The van der Waals surface area contributed by atoms with Gasteiger partial charge in [-0.1, -0.05) is 40.7 Å². The molecule has 1 atom stereocenters. The molecule has 0 amide bonds. The number of aryl methyl sites for hydroxylation is 1. The first-order valence-electron chi connectivity index (χ1n) is 15.1. The average Bonchev–Trinajstić information content (AvgIpc) is 3.52. The molecule has 226 valence electrons. The first-order chi connectivity index (χ1) is 20.7. The molecule has 1 aromatic carbocycles. The maximum absolute atomic E-state index is 14.5. The van der Waals surface area contributed by atoms with Gasteiger partial charge in [0.25, 0.3) is 0 Å². The molecule has 0 radical (unpaired) electrons. The van der Waals surface area contributed by atoms with E-state index in [4.69, 9.17) is 9.72 Å². The van der Waals surface area contributed by atoms with E-state index in [1.165, 1.54) is 0 Å². The van der Waals surface area contributed by atoms with Crippen LogP contribution < -0.4 is 4.74 Å². The summed E-state index contributed by atoms with van der Waals surface area (Å²) in [6, 6.07) is 11.8. The first-order valence-corrected chi connectivity index (χ1v) is 15.1. The normalized spacial score (nSPS) is 16.9. The van der Waals surface area contributed by atoms with Crippen molar-refractivity contribution < 1.29 is 18.6 Å². The molecule has 1 N–H and O–H groups in total. The van der Waals surface area contributed by atoms with Gasteiger partial charge in [0, 0.05) is 43.4 Å². The number of methoxy groups -OCH3 is 1. The second-order valence-electron chi connectivity index (χ2n) is 13.6. The number of aromatic nitrogens is 6. The van der Waals surface area contributed by atoms with Crippen LogP contribution in [0.1, 0.15) is 62.4 Å². The molecule has 13 heteroatoms. The van der Waals surface area contributed by atoms with Gasteiger partial charge in [0.2, 0.25) is 11.8 Å². The Bertz CT molecular complexity index is 1840. The molecule has 8 nitrogen and oxygen atoms in total. The summed E-state index contributed by atoms with van der Waals surface area (Å²) >= 11 is 0. The van der Waals surface area contributed by atoms with Crippen LogP contribution in [0, 0.1) is 5.92 Å². The van der Waals surface area contributed by atoms with Gasteiger partial charge in [-0.25, -0.2) is 18.4 Å². The lowest BCUT2D eigenvalue weighted by Crippen LogP contribution is -2.31. The van der Waals surface area contributed by atoms with E-state index in [9.17, 15) is 13.9 Å². The molecule has 4 aromatic heterocycles. The van der Waals surface area contributed by atoms with E-state index in [2.05, 4.69) is 61.6 Å². The minimum atomic E-state index is -2.67. The van der Waals surface area contributed by atoms with Gasteiger partial charge < -0.3 is 14.4 Å². The highest BCUT2D eigenvalue weighted by molar-refractivity contribution is 6.59. The SMILES string of the molecule is BC(B)(B)c1nnn(C)c1-c1cnc2c3c(OC)ncc(C(C)(C)O)c3n(C(c3ccccc3)C3CCC(F)(F)CC3)c2c1. The van der Waals surface area contributed by atoms with Crippen LogP contribution in [0.15, 0.2) is 48.8 Å². The number of pyridine rings is 2. The van der Waals surface area contributed by atoms with Crippen LogP contribution in [-0.2, 0) is 17.8 Å². The second kappa shape index (κ2) is 10.7. The van der Waals surface area contributed by atoms with Gasteiger partial charge >= 0.3 is 0 Å². The van der Waals surface area contributed by atoms with Crippen LogP contribution in [0.2, 0.25) is 0 Å². The Morgan fingerprint density at radius 3 is 2.36 bits per heavy atom. The van der Waals surface area contributed by atoms with E-state index in [0.29, 0.717) is 35.2 Å². The highest BCUT2D eigenvalue weighted by Crippen LogP contribution is 2.48. The van der Waals surface area contributed by atoms with Crippen LogP contribution in [0.4, 0.5) is 8.78 Å². The van der Waals surface area contributed by atoms with Crippen molar-refractivity contribution in [3.63, 3.8) is 0 Å². The summed E-state index contributed by atoms with van der Waals surface area (Å²) in [5.41, 5.74) is 5.05. The Kier molecular flexibility index (Phi) is 7.38. The predicted molar refractivity (Wildman–Crippen MR) is 176 cm³/mol. The molecule has 0 bridgehead atoms. The van der Waals surface area contributed by atoms with Crippen LogP contribution in [0.3, 0.4) is 0 Å². The predicted octanol–water partition coefficient (Wildman–Crippen LogP) is 3.04. The Morgan fingerprint density at radius 2 is 1.75 bits per heavy atom. The van der Waals surface area contributed by atoms with Crippen molar-refractivity contribution >= 4 is 45.5 Å². The molecular formula is C31H37B3F2N6O2. The third kappa shape index (κ3) is 5.18. The zero-order chi connectivity index (χ0) is 31.6. The number of nitrogens with zero attached hydrogens (tertiary/aromatic N) is 6. The Labute approximate surface area is 258 Å². The van der Waals surface area contributed by atoms with Crippen molar-refractivity contribution in [2.24, 2.45) is 13.0 Å². The lowest BCUT2D eigenvalue weighted by molar-refractivity contribution is -0.0493. The fourth-order valence-corrected chi connectivity index (χ4v) is 6.77. The maximum Gasteiger partial charge on any atom is 0.248 e. The Hall–Kier alpha value is -3.73. The van der Waals surface area contributed by atoms with Gasteiger partial charge in [-0.2, -0.15) is 0 Å². The molecule has 1 aliphatic rings. The quantitative estimate of drug-likeness (QED) is 0.291. The van der Waals surface area contributed by atoms with Gasteiger partial charge in [-0.3, -0.25) is 4.98 Å². The van der Waals surface area contributed by atoms with Gasteiger partial charge in [-0.15, -0.1) is 5.10 Å². The van der Waals surface area contributed by atoms with Crippen molar-refractivity contribution in [3.8, 4) is 17.1 Å². The third-order valence-electron chi connectivity index (χ3n) is 8.91. The molecule has 1 fully saturated rings. The smallest absolute Gasteiger partial charge is 0.248 e. The number of halogens is 2. The fourth-order valence-electron chi connectivity index (χ4n) is 6.77. The van der Waals surface area contributed by atoms with E-state index < -0.39 is 11.5 Å². The van der Waals surface area contributed by atoms with Gasteiger partial charge in [0.1, 0.15) is 5.52 Å². The standard InChI is InChI=1S/C31H37B3F2N6O2/c1-29(2,43)20-16-38-28(44-4)22-23-21(14-19(15-37-23)25-27(31(32,33)34)39-40-41(25)3)42(26(20)22)24(17-8-6-5-7-9-17)18-10-12-30(35,36)13-11-18/h5-9,14-16,18,24,43H,10-13,32-34H2,1-4H3. The summed E-state index contributed by atoms with van der Waals surface area (Å²) in [6.45, 7) is 3.46. The minimum absolute atomic E-state index is 0.0863. The second-order valence-corrected chi connectivity index (χ2v) is 13.6. The van der Waals surface area contributed by atoms with Crippen LogP contribution in [0.25, 0.3) is 33.2 Å². The molecule has 5 aromatic rings. The van der Waals surface area contributed by atoms with Crippen molar-refractivity contribution in [1.29, 1.82) is 0 Å². The molecule has 1 saturated carbocycles. The maximum atomic E-state index is 14.5. The molecule has 44 heavy (non-hydrogen) atoms. The first kappa shape index (κ1) is 30.3. The summed E-state index contributed by atoms with van der Waals surface area (Å²) in [4.78, 5) is 9.61. The van der Waals surface area contributed by atoms with Crippen molar-refractivity contribution in [2.45, 2.75) is 62.2 Å². The van der Waals surface area contributed by atoms with E-state index in [1.54, 1.807) is 31.8 Å². The largest absolute Gasteiger partial charge is 0.480 e. The Morgan fingerprint density at radius 1 is 1.07 bits per heavy atom. The Balaban J connectivity index is 1.75. The highest BCUT2D eigenvalue weighted by atomic mass is 19.3. The lowest BCUT2D eigenvalue weighted by atomic mass is 9.41. The van der Waals surface area contributed by atoms with Crippen LogP contribution >= 0.6 is 0 Å². The van der Waals surface area contributed by atoms with Crippen molar-refractivity contribution in [1.82, 2.24) is 29.5 Å². The number of hydrogen-bond acceptors (Lipinski definition) is 6. The summed E-state index contributed by atoms with van der Waals surface area (Å²) in [5, 5.41) is 20.7. The number of hydrogen-bond donors (Lipinski definition) is 1. The van der Waals surface area contributed by atoms with Crippen LogP contribution in [0.5, 0.6) is 5.88 Å². The summed E-state index contributed by atoms with van der Waals surface area (Å²) in [5.74, 6) is -2.37. The summed E-state index contributed by atoms with van der Waals surface area (Å²) in [6.07, 6.45) is 3.86. The van der Waals surface area contributed by atoms with E-state index in [-0.39, 0.29) is 29.9 Å². The summed E-state index contributed by atoms with van der Waals surface area (Å²) < 4.78 is 38.8. The molecule has 0 saturated heterocycles. The number of aliphatic hydroxyl groups is 1. The molecule has 1 aliphatic carbocycles. The number of rotatable bonds is 7. The third-order valence-corrected chi connectivity index (χ3v) is 8.91. The molecular weight excluding hydrogens is 559 g/mol. The minimum Gasteiger partial charge on any atom is -0.480 e. The average molecular weight is 596 g/mol.